The average molecular weight is 682 g/mol. The van der Waals surface area contributed by atoms with Crippen LogP contribution in [0.5, 0.6) is 0 Å². The molecule has 3 rings (SSSR count). The molecule has 1 aliphatic rings. The summed E-state index contributed by atoms with van der Waals surface area (Å²) >= 11 is 0. The first kappa shape index (κ1) is 43.8. The molecule has 0 saturated heterocycles. The second-order valence-corrected chi connectivity index (χ2v) is 16.2. The summed E-state index contributed by atoms with van der Waals surface area (Å²) in [6.45, 7) is 4.93. The Morgan fingerprint density at radius 1 is 0.595 bits per heavy atom. The van der Waals surface area contributed by atoms with Crippen molar-refractivity contribution in [3.63, 3.8) is 0 Å². The first-order valence-electron chi connectivity index (χ1n) is 16.1. The fraction of sp³-hybridized carbons (Fsp3) is 0.568. The molecule has 0 radical (unpaired) electrons. The summed E-state index contributed by atoms with van der Waals surface area (Å²) in [4.78, 5) is 0. The summed E-state index contributed by atoms with van der Waals surface area (Å²) in [6, 6.07) is 23.8. The van der Waals surface area contributed by atoms with Crippen LogP contribution in [0.15, 0.2) is 77.5 Å². The van der Waals surface area contributed by atoms with Gasteiger partial charge in [-0.1, -0.05) is 188 Å². The van der Waals surface area contributed by atoms with Crippen LogP contribution in [0.3, 0.4) is 0 Å². The third-order valence-corrected chi connectivity index (χ3v) is 13.4. The summed E-state index contributed by atoms with van der Waals surface area (Å²) in [5.74, 6) is 0. The molecule has 0 nitrogen and oxygen atoms in total. The summed E-state index contributed by atoms with van der Waals surface area (Å²) < 4.78 is 0. The van der Waals surface area contributed by atoms with Gasteiger partial charge in [0.2, 0.25) is 0 Å². The van der Waals surface area contributed by atoms with Gasteiger partial charge in [0.05, 0.1) is 0 Å². The number of rotatable bonds is 21. The van der Waals surface area contributed by atoms with Crippen molar-refractivity contribution in [2.45, 2.75) is 135 Å². The van der Waals surface area contributed by atoms with Crippen molar-refractivity contribution in [3.8, 4) is 0 Å². The zero-order valence-electron chi connectivity index (χ0n) is 26.4. The minimum Gasteiger partial charge on any atom is -1.00 e. The van der Waals surface area contributed by atoms with E-state index in [4.69, 9.17) is 0 Å². The van der Waals surface area contributed by atoms with Crippen LogP contribution >= 0.6 is 0 Å². The molecule has 0 aliphatic heterocycles. The van der Waals surface area contributed by atoms with Crippen molar-refractivity contribution in [2.24, 2.45) is 0 Å². The van der Waals surface area contributed by atoms with Gasteiger partial charge in [0, 0.05) is 8.07 Å². The minimum absolute atomic E-state index is 0. The fourth-order valence-electron chi connectivity index (χ4n) is 6.28. The van der Waals surface area contributed by atoms with E-state index in [0.29, 0.717) is 0 Å². The number of halogens is 3. The van der Waals surface area contributed by atoms with Gasteiger partial charge in [-0.2, -0.15) is 11.3 Å². The topological polar surface area (TPSA) is 0 Å². The van der Waals surface area contributed by atoms with Crippen molar-refractivity contribution in [2.75, 3.05) is 0 Å². The number of allylic oxidation sites excluding steroid dienone is 4. The fourth-order valence-corrected chi connectivity index (χ4v) is 10.4. The molecule has 1 atom stereocenters. The van der Waals surface area contributed by atoms with E-state index in [1.54, 1.807) is 10.4 Å². The van der Waals surface area contributed by atoms with Gasteiger partial charge in [0.25, 0.3) is 0 Å². The van der Waals surface area contributed by atoms with E-state index in [1.807, 2.05) is 0 Å². The molecule has 2 aromatic carbocycles. The van der Waals surface area contributed by atoms with Gasteiger partial charge in [-0.15, -0.1) is 6.42 Å². The molecule has 42 heavy (non-hydrogen) atoms. The molecular weight excluding hydrogens is 627 g/mol. The number of unbranched alkanes of at least 4 members (excludes halogenated alkanes) is 15. The Balaban J connectivity index is 0. The van der Waals surface area contributed by atoms with Crippen LogP contribution in [0.25, 0.3) is 0 Å². The van der Waals surface area contributed by atoms with Gasteiger partial charge < -0.3 is 37.2 Å². The van der Waals surface area contributed by atoms with Crippen molar-refractivity contribution < 1.29 is 58.9 Å². The zero-order chi connectivity index (χ0) is 26.7. The second kappa shape index (κ2) is 27.1. The van der Waals surface area contributed by atoms with Gasteiger partial charge in [-0.25, -0.2) is 5.57 Å². The summed E-state index contributed by atoms with van der Waals surface area (Å²) in [7, 11) is -1.75. The first-order valence-corrected chi connectivity index (χ1v) is 18.8. The normalized spacial score (nSPS) is 13.4. The maximum Gasteiger partial charge on any atom is 4.00 e. The van der Waals surface area contributed by atoms with Crippen LogP contribution < -0.4 is 42.4 Å². The summed E-state index contributed by atoms with van der Waals surface area (Å²) in [5.41, 5.74) is 2.89. The number of hydrogen-bond donors (Lipinski definition) is 0. The molecule has 0 amide bonds. The third-order valence-electron chi connectivity index (χ3n) is 8.71. The molecule has 232 valence electrons. The van der Waals surface area contributed by atoms with Gasteiger partial charge in [-0.05, 0) is 12.0 Å². The van der Waals surface area contributed by atoms with E-state index in [2.05, 4.69) is 86.3 Å². The van der Waals surface area contributed by atoms with Gasteiger partial charge in [0.1, 0.15) is 0 Å². The zero-order valence-corrected chi connectivity index (χ0v) is 31.2. The van der Waals surface area contributed by atoms with E-state index < -0.39 is 8.07 Å². The van der Waals surface area contributed by atoms with Crippen molar-refractivity contribution >= 4 is 13.3 Å². The Labute approximate surface area is 294 Å². The Bertz CT molecular complexity index is 948. The van der Waals surface area contributed by atoms with Crippen molar-refractivity contribution in [1.29, 1.82) is 0 Å². The van der Waals surface area contributed by atoms with Crippen molar-refractivity contribution in [1.82, 2.24) is 0 Å². The molecule has 5 heteroatoms. The van der Waals surface area contributed by atoms with Gasteiger partial charge in [0.15, 0.2) is 0 Å². The standard InChI is InChI=1S/C37H55Si.3ClH.Ti/c1-3-4-5-6-7-8-9-10-11-12-13-14-15-16-17-24-32-38(2,36-29-22-19-23-30-36)37-31-25-28-35(37)33-34-26-20-18-21-27-34;;;;/h18-23,26-27,29-31H,3-17,24-25,32-33H2,1-2H3;3*1H;/q-1;;;;+4/p-3. The molecule has 0 fully saturated rings. The van der Waals surface area contributed by atoms with Crippen molar-refractivity contribution in [3.05, 3.63) is 89.1 Å². The molecule has 0 aromatic heterocycles. The number of benzene rings is 2. The Morgan fingerprint density at radius 3 is 1.50 bits per heavy atom. The first-order chi connectivity index (χ1) is 18.7. The van der Waals surface area contributed by atoms with E-state index >= 15 is 0 Å². The van der Waals surface area contributed by atoms with Crippen LogP contribution in [0, 0.1) is 6.08 Å². The Kier molecular flexibility index (Phi) is 28.3. The second-order valence-electron chi connectivity index (χ2n) is 11.9. The average Bonchev–Trinajstić information content (AvgIpc) is 3.42. The maximum absolute atomic E-state index is 3.75. The number of hydrogen-bond acceptors (Lipinski definition) is 0. The maximum atomic E-state index is 3.75. The third kappa shape index (κ3) is 16.2. The molecule has 0 saturated carbocycles. The predicted molar refractivity (Wildman–Crippen MR) is 172 cm³/mol. The summed E-state index contributed by atoms with van der Waals surface area (Å²) in [6.07, 6.45) is 31.2. The molecule has 0 spiro atoms. The molecule has 0 bridgehead atoms. The van der Waals surface area contributed by atoms with E-state index in [9.17, 15) is 0 Å². The van der Waals surface area contributed by atoms with E-state index in [1.165, 1.54) is 120 Å². The summed E-state index contributed by atoms with van der Waals surface area (Å²) in [5, 5.41) is 3.26. The van der Waals surface area contributed by atoms with Crippen LogP contribution in [-0.2, 0) is 28.1 Å². The van der Waals surface area contributed by atoms with Crippen LogP contribution in [0.2, 0.25) is 12.6 Å². The van der Waals surface area contributed by atoms with Crippen LogP contribution in [-0.4, -0.2) is 8.07 Å². The molecule has 0 N–H and O–H groups in total. The van der Waals surface area contributed by atoms with E-state index in [-0.39, 0.29) is 58.9 Å². The molecule has 1 aliphatic carbocycles. The van der Waals surface area contributed by atoms with Gasteiger partial charge >= 0.3 is 21.7 Å². The predicted octanol–water partition coefficient (Wildman–Crippen LogP) is 2.08. The Morgan fingerprint density at radius 2 is 1.02 bits per heavy atom. The molecule has 1 unspecified atom stereocenters. The van der Waals surface area contributed by atoms with Gasteiger partial charge in [-0.3, -0.25) is 6.08 Å². The molecule has 2 aromatic rings. The molecular formula is C37H55Cl3SiTi. The SMILES string of the molecule is CCCCCCCCCCCCCCCCCC[Si](C)(C1=CC[C-]=C1Cc1ccccc1)c1ccccc1.[Cl-].[Cl-].[Cl-].[Ti+4]. The Hall–Kier alpha value is -0.279. The monoisotopic (exact) mass is 680 g/mol. The smallest absolute Gasteiger partial charge is 1.00 e. The van der Waals surface area contributed by atoms with E-state index in [0.717, 1.165) is 12.8 Å². The molecule has 0 heterocycles. The minimum atomic E-state index is -1.75. The van der Waals surface area contributed by atoms with Crippen LogP contribution in [0.1, 0.15) is 122 Å². The quantitative estimate of drug-likeness (QED) is 0.108. The van der Waals surface area contributed by atoms with Crippen LogP contribution in [0.4, 0.5) is 0 Å². The largest absolute Gasteiger partial charge is 4.00 e.